The number of carboxylic acids is 1. The number of aromatic carboxylic acids is 1. The maximum atomic E-state index is 11.2. The Morgan fingerprint density at radius 3 is 2.53 bits per heavy atom. The molecule has 1 heterocycles. The lowest BCUT2D eigenvalue weighted by molar-refractivity contribution is 0.0695. The fraction of sp³-hybridized carbons (Fsp3) is 0.286. The molecule has 2 aromatic rings. The molecule has 2 rings (SSSR count). The van der Waals surface area contributed by atoms with Gasteiger partial charge in [0.25, 0.3) is 0 Å². The SMILES string of the molecule is CC(C)Cc1c(C(=O)O)cnn1-c1ccc(Cl)cc1. The molecule has 0 atom stereocenters. The summed E-state index contributed by atoms with van der Waals surface area (Å²) in [6.07, 6.45) is 2.05. The minimum Gasteiger partial charge on any atom is -0.478 e. The van der Waals surface area contributed by atoms with E-state index in [0.717, 1.165) is 5.69 Å². The Kier molecular flexibility index (Phi) is 3.90. The van der Waals surface area contributed by atoms with E-state index < -0.39 is 5.97 Å². The van der Waals surface area contributed by atoms with E-state index >= 15 is 0 Å². The molecule has 1 N–H and O–H groups in total. The Balaban J connectivity index is 2.50. The van der Waals surface area contributed by atoms with Crippen molar-refractivity contribution < 1.29 is 9.90 Å². The first-order chi connectivity index (χ1) is 8.99. The Hall–Kier alpha value is -1.81. The molecule has 0 radical (unpaired) electrons. The summed E-state index contributed by atoms with van der Waals surface area (Å²) >= 11 is 5.86. The number of carboxylic acid groups (broad SMARTS) is 1. The molecule has 0 amide bonds. The normalized spacial score (nSPS) is 10.9. The summed E-state index contributed by atoms with van der Waals surface area (Å²) in [5.74, 6) is -0.600. The van der Waals surface area contributed by atoms with E-state index in [1.807, 2.05) is 26.0 Å². The van der Waals surface area contributed by atoms with Gasteiger partial charge in [0.2, 0.25) is 0 Å². The van der Waals surface area contributed by atoms with Crippen molar-refractivity contribution in [3.63, 3.8) is 0 Å². The van der Waals surface area contributed by atoms with Crippen molar-refractivity contribution in [1.29, 1.82) is 0 Å². The monoisotopic (exact) mass is 278 g/mol. The van der Waals surface area contributed by atoms with Crippen molar-refractivity contribution >= 4 is 17.6 Å². The number of rotatable bonds is 4. The quantitative estimate of drug-likeness (QED) is 0.932. The maximum absolute atomic E-state index is 11.2. The zero-order valence-corrected chi connectivity index (χ0v) is 11.6. The van der Waals surface area contributed by atoms with Gasteiger partial charge in [-0.05, 0) is 36.6 Å². The van der Waals surface area contributed by atoms with Gasteiger partial charge in [-0.3, -0.25) is 0 Å². The van der Waals surface area contributed by atoms with E-state index in [2.05, 4.69) is 5.10 Å². The lowest BCUT2D eigenvalue weighted by Gasteiger charge is -2.10. The van der Waals surface area contributed by atoms with E-state index in [4.69, 9.17) is 11.6 Å². The van der Waals surface area contributed by atoms with Crippen LogP contribution in [0.15, 0.2) is 30.5 Å². The summed E-state index contributed by atoms with van der Waals surface area (Å²) in [7, 11) is 0. The van der Waals surface area contributed by atoms with Crippen LogP contribution in [0.2, 0.25) is 5.02 Å². The molecular formula is C14H15ClN2O2. The van der Waals surface area contributed by atoms with E-state index in [1.165, 1.54) is 6.20 Å². The summed E-state index contributed by atoms with van der Waals surface area (Å²) in [6.45, 7) is 4.09. The molecule has 19 heavy (non-hydrogen) atoms. The third-order valence-electron chi connectivity index (χ3n) is 2.77. The number of benzene rings is 1. The van der Waals surface area contributed by atoms with Crippen LogP contribution in [0.1, 0.15) is 29.9 Å². The average Bonchev–Trinajstić information content (AvgIpc) is 2.73. The van der Waals surface area contributed by atoms with Gasteiger partial charge in [0, 0.05) is 5.02 Å². The first kappa shape index (κ1) is 13.6. The second-order valence-corrected chi connectivity index (χ2v) is 5.23. The zero-order chi connectivity index (χ0) is 14.0. The summed E-state index contributed by atoms with van der Waals surface area (Å²) in [5, 5.41) is 14.0. The topological polar surface area (TPSA) is 55.1 Å². The lowest BCUT2D eigenvalue weighted by Crippen LogP contribution is -2.09. The smallest absolute Gasteiger partial charge is 0.339 e. The summed E-state index contributed by atoms with van der Waals surface area (Å²) in [4.78, 5) is 11.2. The minimum absolute atomic E-state index is 0.253. The van der Waals surface area contributed by atoms with E-state index in [9.17, 15) is 9.90 Å². The molecule has 0 aliphatic rings. The molecule has 100 valence electrons. The van der Waals surface area contributed by atoms with E-state index in [1.54, 1.807) is 16.8 Å². The molecule has 0 unspecified atom stereocenters. The second kappa shape index (κ2) is 5.45. The second-order valence-electron chi connectivity index (χ2n) is 4.80. The highest BCUT2D eigenvalue weighted by atomic mass is 35.5. The first-order valence-corrected chi connectivity index (χ1v) is 6.43. The molecule has 0 spiro atoms. The first-order valence-electron chi connectivity index (χ1n) is 6.05. The number of aromatic nitrogens is 2. The van der Waals surface area contributed by atoms with Gasteiger partial charge in [-0.25, -0.2) is 9.48 Å². The molecule has 0 bridgehead atoms. The van der Waals surface area contributed by atoms with Crippen LogP contribution in [-0.4, -0.2) is 20.9 Å². The molecule has 0 fully saturated rings. The van der Waals surface area contributed by atoms with Crippen LogP contribution < -0.4 is 0 Å². The van der Waals surface area contributed by atoms with Crippen LogP contribution >= 0.6 is 11.6 Å². The maximum Gasteiger partial charge on any atom is 0.339 e. The highest BCUT2D eigenvalue weighted by Gasteiger charge is 2.18. The van der Waals surface area contributed by atoms with Gasteiger partial charge >= 0.3 is 5.97 Å². The van der Waals surface area contributed by atoms with Crippen molar-refractivity contribution in [2.75, 3.05) is 0 Å². The summed E-state index contributed by atoms with van der Waals surface area (Å²) < 4.78 is 1.67. The number of halogens is 1. The summed E-state index contributed by atoms with van der Waals surface area (Å²) in [5.41, 5.74) is 1.78. The van der Waals surface area contributed by atoms with Crippen LogP contribution in [0, 0.1) is 5.92 Å². The predicted octanol–water partition coefficient (Wildman–Crippen LogP) is 3.42. The molecule has 5 heteroatoms. The van der Waals surface area contributed by atoms with Crippen LogP contribution in [0.25, 0.3) is 5.69 Å². The molecule has 0 aliphatic heterocycles. The van der Waals surface area contributed by atoms with Crippen molar-refractivity contribution in [2.45, 2.75) is 20.3 Å². The number of hydrogen-bond donors (Lipinski definition) is 1. The Labute approximate surface area is 116 Å². The van der Waals surface area contributed by atoms with Crippen molar-refractivity contribution in [2.24, 2.45) is 5.92 Å². The van der Waals surface area contributed by atoms with Gasteiger partial charge in [-0.2, -0.15) is 5.10 Å². The van der Waals surface area contributed by atoms with Crippen molar-refractivity contribution in [3.8, 4) is 5.69 Å². The number of carbonyl (C=O) groups is 1. The van der Waals surface area contributed by atoms with Gasteiger partial charge < -0.3 is 5.11 Å². The lowest BCUT2D eigenvalue weighted by atomic mass is 10.0. The zero-order valence-electron chi connectivity index (χ0n) is 10.8. The van der Waals surface area contributed by atoms with Crippen LogP contribution in [0.4, 0.5) is 0 Å². The fourth-order valence-corrected chi connectivity index (χ4v) is 2.07. The molecule has 0 aliphatic carbocycles. The number of hydrogen-bond acceptors (Lipinski definition) is 2. The van der Waals surface area contributed by atoms with E-state index in [0.29, 0.717) is 23.1 Å². The molecule has 0 saturated carbocycles. The van der Waals surface area contributed by atoms with Gasteiger partial charge in [-0.15, -0.1) is 0 Å². The van der Waals surface area contributed by atoms with Crippen molar-refractivity contribution in [3.05, 3.63) is 46.7 Å². The Bertz CT molecular complexity index is 588. The highest BCUT2D eigenvalue weighted by Crippen LogP contribution is 2.20. The van der Waals surface area contributed by atoms with Crippen LogP contribution in [-0.2, 0) is 6.42 Å². The minimum atomic E-state index is -0.948. The number of nitrogens with zero attached hydrogens (tertiary/aromatic N) is 2. The van der Waals surface area contributed by atoms with Crippen LogP contribution in [0.5, 0.6) is 0 Å². The largest absolute Gasteiger partial charge is 0.478 e. The average molecular weight is 279 g/mol. The van der Waals surface area contributed by atoms with Crippen molar-refractivity contribution in [1.82, 2.24) is 9.78 Å². The Morgan fingerprint density at radius 2 is 2.00 bits per heavy atom. The van der Waals surface area contributed by atoms with Crippen LogP contribution in [0.3, 0.4) is 0 Å². The highest BCUT2D eigenvalue weighted by molar-refractivity contribution is 6.30. The van der Waals surface area contributed by atoms with Gasteiger partial charge in [0.1, 0.15) is 5.56 Å². The third-order valence-corrected chi connectivity index (χ3v) is 3.02. The van der Waals surface area contributed by atoms with Gasteiger partial charge in [0.15, 0.2) is 0 Å². The molecular weight excluding hydrogens is 264 g/mol. The fourth-order valence-electron chi connectivity index (χ4n) is 1.94. The third kappa shape index (κ3) is 2.96. The summed E-state index contributed by atoms with van der Waals surface area (Å²) in [6, 6.07) is 7.17. The molecule has 1 aromatic carbocycles. The molecule has 1 aromatic heterocycles. The van der Waals surface area contributed by atoms with Gasteiger partial charge in [-0.1, -0.05) is 25.4 Å². The van der Waals surface area contributed by atoms with E-state index in [-0.39, 0.29) is 5.56 Å². The standard InChI is InChI=1S/C14H15ClN2O2/c1-9(2)7-13-12(14(18)19)8-16-17(13)11-5-3-10(15)4-6-11/h3-6,8-9H,7H2,1-2H3,(H,18,19). The Morgan fingerprint density at radius 1 is 1.37 bits per heavy atom. The van der Waals surface area contributed by atoms with Gasteiger partial charge in [0.05, 0.1) is 17.6 Å². The predicted molar refractivity (Wildman–Crippen MR) is 74.1 cm³/mol. The molecule has 4 nitrogen and oxygen atoms in total. The molecule has 0 saturated heterocycles.